The summed E-state index contributed by atoms with van der Waals surface area (Å²) in [6.45, 7) is 20.5. The molecule has 0 aliphatic heterocycles. The summed E-state index contributed by atoms with van der Waals surface area (Å²) in [5, 5.41) is 0. The Hall–Kier alpha value is -3.21. The number of ketones is 1. The van der Waals surface area contributed by atoms with E-state index in [1.165, 1.54) is 5.57 Å². The number of allylic oxidation sites excluding steroid dienone is 2. The number of carbonyl (C=O) groups excluding carboxylic acids is 3. The van der Waals surface area contributed by atoms with Gasteiger partial charge in [-0.1, -0.05) is 90.4 Å². The van der Waals surface area contributed by atoms with Gasteiger partial charge in [-0.2, -0.15) is 0 Å². The van der Waals surface area contributed by atoms with E-state index >= 15 is 0 Å². The van der Waals surface area contributed by atoms with Crippen LogP contribution in [0.2, 0.25) is 0 Å². The highest BCUT2D eigenvalue weighted by Gasteiger charge is 2.67. The molecule has 0 heterocycles. The Bertz CT molecular complexity index is 1620. The Morgan fingerprint density at radius 3 is 2.04 bits per heavy atom. The highest BCUT2D eigenvalue weighted by atomic mass is 16.6. The van der Waals surface area contributed by atoms with Crippen LogP contribution in [0.1, 0.15) is 134 Å². The first-order chi connectivity index (χ1) is 23.4. The zero-order valence-corrected chi connectivity index (χ0v) is 32.0. The van der Waals surface area contributed by atoms with E-state index in [0.29, 0.717) is 47.5 Å². The van der Waals surface area contributed by atoms with Gasteiger partial charge in [0, 0.05) is 11.3 Å². The summed E-state index contributed by atoms with van der Waals surface area (Å²) >= 11 is 0. The summed E-state index contributed by atoms with van der Waals surface area (Å²) in [5.74, 6) is 1.71. The summed E-state index contributed by atoms with van der Waals surface area (Å²) in [4.78, 5) is 40.8. The average molecular weight is 681 g/mol. The van der Waals surface area contributed by atoms with Crippen molar-refractivity contribution in [3.05, 3.63) is 83.4 Å². The third-order valence-electron chi connectivity index (χ3n) is 14.9. The van der Waals surface area contributed by atoms with Gasteiger partial charge in [0.15, 0.2) is 5.78 Å². The lowest BCUT2D eigenvalue weighted by atomic mass is 9.42. The van der Waals surface area contributed by atoms with Crippen molar-refractivity contribution < 1.29 is 23.9 Å². The van der Waals surface area contributed by atoms with Crippen molar-refractivity contribution in [1.29, 1.82) is 0 Å². The molecule has 270 valence electrons. The van der Waals surface area contributed by atoms with E-state index in [1.54, 1.807) is 24.3 Å². The van der Waals surface area contributed by atoms with E-state index in [0.717, 1.165) is 38.5 Å². The highest BCUT2D eigenvalue weighted by Crippen LogP contribution is 2.73. The Balaban J connectivity index is 1.29. The van der Waals surface area contributed by atoms with Crippen molar-refractivity contribution in [3.8, 4) is 0 Å². The first kappa shape index (κ1) is 36.6. The van der Waals surface area contributed by atoms with Crippen LogP contribution in [0.5, 0.6) is 0 Å². The van der Waals surface area contributed by atoms with E-state index in [1.807, 2.05) is 50.2 Å². The predicted molar refractivity (Wildman–Crippen MR) is 199 cm³/mol. The van der Waals surface area contributed by atoms with Gasteiger partial charge in [0.05, 0.1) is 11.1 Å². The van der Waals surface area contributed by atoms with Crippen LogP contribution in [-0.2, 0) is 14.3 Å². The smallest absolute Gasteiger partial charge is 0.338 e. The maximum absolute atomic E-state index is 14.0. The highest BCUT2D eigenvalue weighted by molar-refractivity contribution is 5.95. The van der Waals surface area contributed by atoms with Crippen LogP contribution < -0.4 is 0 Å². The molecule has 50 heavy (non-hydrogen) atoms. The van der Waals surface area contributed by atoms with Gasteiger partial charge < -0.3 is 9.47 Å². The largest absolute Gasteiger partial charge is 0.458 e. The molecular weight excluding hydrogens is 620 g/mol. The number of hydrogen-bond donors (Lipinski definition) is 0. The minimum atomic E-state index is -0.763. The van der Waals surface area contributed by atoms with Gasteiger partial charge in [0.2, 0.25) is 0 Å². The lowest BCUT2D eigenvalue weighted by molar-refractivity contribution is -0.135. The zero-order valence-electron chi connectivity index (χ0n) is 32.0. The van der Waals surface area contributed by atoms with Crippen molar-refractivity contribution in [1.82, 2.24) is 0 Å². The second-order valence-electron chi connectivity index (χ2n) is 18.5. The molecule has 0 N–H and O–H groups in total. The molecule has 4 aliphatic carbocycles. The topological polar surface area (TPSA) is 69.7 Å². The molecule has 4 aliphatic rings. The average Bonchev–Trinajstić information content (AvgIpc) is 3.36. The first-order valence-electron chi connectivity index (χ1n) is 19.2. The zero-order chi connectivity index (χ0) is 36.3. The fraction of sp³-hybridized carbons (Fsp3) is 0.622. The van der Waals surface area contributed by atoms with Crippen LogP contribution in [0.3, 0.4) is 0 Å². The van der Waals surface area contributed by atoms with E-state index in [4.69, 9.17) is 9.47 Å². The molecule has 2 aromatic rings. The van der Waals surface area contributed by atoms with E-state index < -0.39 is 11.7 Å². The first-order valence-corrected chi connectivity index (χ1v) is 19.2. The number of benzene rings is 2. The van der Waals surface area contributed by atoms with Crippen LogP contribution in [0.15, 0.2) is 72.3 Å². The molecule has 0 amide bonds. The SMILES string of the molecule is C[C@@H]1C[C@H]2C(=O)C=C3C(CC[C@]4(C)[C@@H](C(C)(C)[C@@H](CCC(C)(C)OC(=O)c5ccccc5)OC(=O)c5ccccc5)CC[C@@]34C)[C@@]2(C)C[C@@H]1C. The Kier molecular flexibility index (Phi) is 9.57. The number of fused-ring (bicyclic) bond motifs is 5. The van der Waals surface area contributed by atoms with Gasteiger partial charge in [0.1, 0.15) is 11.7 Å². The molecule has 2 aromatic carbocycles. The Morgan fingerprint density at radius 2 is 1.42 bits per heavy atom. The van der Waals surface area contributed by atoms with Crippen molar-refractivity contribution in [3.63, 3.8) is 0 Å². The third-order valence-corrected chi connectivity index (χ3v) is 14.9. The lowest BCUT2D eigenvalue weighted by Gasteiger charge is -2.62. The molecule has 3 saturated carbocycles. The molecule has 1 unspecified atom stereocenters. The molecule has 0 spiro atoms. The second kappa shape index (κ2) is 13.1. The van der Waals surface area contributed by atoms with Crippen LogP contribution in [0.4, 0.5) is 0 Å². The number of hydrogen-bond acceptors (Lipinski definition) is 5. The van der Waals surface area contributed by atoms with Crippen molar-refractivity contribution in [2.24, 2.45) is 51.2 Å². The minimum Gasteiger partial charge on any atom is -0.458 e. The predicted octanol–water partition coefficient (Wildman–Crippen LogP) is 10.7. The van der Waals surface area contributed by atoms with Crippen LogP contribution in [0.25, 0.3) is 0 Å². The maximum Gasteiger partial charge on any atom is 0.338 e. The molecule has 5 nitrogen and oxygen atoms in total. The van der Waals surface area contributed by atoms with Gasteiger partial charge in [-0.25, -0.2) is 9.59 Å². The lowest BCUT2D eigenvalue weighted by Crippen LogP contribution is -2.57. The molecule has 9 atom stereocenters. The van der Waals surface area contributed by atoms with E-state index in [2.05, 4.69) is 54.5 Å². The molecular formula is C45H60O5. The van der Waals surface area contributed by atoms with Crippen LogP contribution >= 0.6 is 0 Å². The second-order valence-corrected chi connectivity index (χ2v) is 18.5. The summed E-state index contributed by atoms with van der Waals surface area (Å²) in [6, 6.07) is 18.3. The fourth-order valence-electron chi connectivity index (χ4n) is 11.5. The number of ether oxygens (including phenoxy) is 2. The monoisotopic (exact) mass is 680 g/mol. The summed E-state index contributed by atoms with van der Waals surface area (Å²) in [5.41, 5.74) is 1.16. The number of rotatable bonds is 9. The van der Waals surface area contributed by atoms with Gasteiger partial charge in [-0.05, 0) is 135 Å². The maximum atomic E-state index is 14.0. The molecule has 0 bridgehead atoms. The Morgan fingerprint density at radius 1 is 0.820 bits per heavy atom. The van der Waals surface area contributed by atoms with Crippen molar-refractivity contribution >= 4 is 17.7 Å². The van der Waals surface area contributed by atoms with Crippen molar-refractivity contribution in [2.75, 3.05) is 0 Å². The van der Waals surface area contributed by atoms with Gasteiger partial charge >= 0.3 is 11.9 Å². The number of esters is 2. The van der Waals surface area contributed by atoms with Gasteiger partial charge in [-0.3, -0.25) is 4.79 Å². The van der Waals surface area contributed by atoms with Crippen LogP contribution in [0, 0.1) is 51.2 Å². The third kappa shape index (κ3) is 6.19. The summed E-state index contributed by atoms with van der Waals surface area (Å²) < 4.78 is 12.6. The molecule has 6 rings (SSSR count). The van der Waals surface area contributed by atoms with Crippen molar-refractivity contribution in [2.45, 2.75) is 125 Å². The summed E-state index contributed by atoms with van der Waals surface area (Å²) in [7, 11) is 0. The van der Waals surface area contributed by atoms with Gasteiger partial charge in [-0.15, -0.1) is 0 Å². The molecule has 3 fully saturated rings. The van der Waals surface area contributed by atoms with Gasteiger partial charge in [0.25, 0.3) is 0 Å². The Labute approximate surface area is 301 Å². The van der Waals surface area contributed by atoms with E-state index in [-0.39, 0.29) is 45.4 Å². The van der Waals surface area contributed by atoms with Crippen LogP contribution in [-0.4, -0.2) is 29.4 Å². The molecule has 0 aromatic heterocycles. The molecule has 0 saturated heterocycles. The number of carbonyl (C=O) groups is 3. The fourth-order valence-corrected chi connectivity index (χ4v) is 11.5. The minimum absolute atomic E-state index is 0.0154. The standard InChI is InChI=1S/C45H60O5/c1-29-26-35-36(46)27-34-33(43(35,7)28-30(29)2)20-24-45(9)37(21-25-44(34,45)8)42(5,6)38(49-39(47)31-16-12-10-13-17-31)22-23-41(3,4)50-40(48)32-18-14-11-15-19-32/h10-19,27,29-30,33,35,37-38H,20-26,28H2,1-9H3/t29-,30+,33?,35+,37-,38-,43-,44+,45-/m1/s1. The summed E-state index contributed by atoms with van der Waals surface area (Å²) in [6.07, 6.45) is 9.17. The normalized spacial score (nSPS) is 34.5. The van der Waals surface area contributed by atoms with E-state index in [9.17, 15) is 14.4 Å². The quantitative estimate of drug-likeness (QED) is 0.247. The molecule has 0 radical (unpaired) electrons. The molecule has 5 heteroatoms.